The first-order chi connectivity index (χ1) is 8.51. The van der Waals surface area contributed by atoms with Crippen molar-refractivity contribution < 1.29 is 10.0 Å². The molecule has 18 heavy (non-hydrogen) atoms. The number of benzene rings is 1. The van der Waals surface area contributed by atoms with Crippen LogP contribution in [0, 0.1) is 23.0 Å². The topological polar surface area (TPSA) is 66.6 Å². The van der Waals surface area contributed by atoms with Crippen molar-refractivity contribution in [3.05, 3.63) is 33.9 Å². The van der Waals surface area contributed by atoms with E-state index in [0.29, 0.717) is 30.3 Å². The lowest BCUT2D eigenvalue weighted by Gasteiger charge is -2.48. The highest BCUT2D eigenvalue weighted by molar-refractivity contribution is 5.68. The summed E-state index contributed by atoms with van der Waals surface area (Å²) in [6.07, 6.45) is 2.17. The van der Waals surface area contributed by atoms with E-state index in [-0.39, 0.29) is 10.6 Å². The molecule has 5 nitrogen and oxygen atoms in total. The Kier molecular flexibility index (Phi) is 2.35. The summed E-state index contributed by atoms with van der Waals surface area (Å²) in [6, 6.07) is 5.33. The van der Waals surface area contributed by atoms with Crippen LogP contribution < -0.4 is 4.90 Å². The molecule has 1 N–H and O–H groups in total. The Morgan fingerprint density at radius 3 is 2.67 bits per heavy atom. The zero-order valence-corrected chi connectivity index (χ0v) is 10.3. The highest BCUT2D eigenvalue weighted by Gasteiger charge is 2.52. The highest BCUT2D eigenvalue weighted by Crippen LogP contribution is 2.47. The van der Waals surface area contributed by atoms with Gasteiger partial charge in [-0.05, 0) is 31.7 Å². The number of hydrogen-bond donors (Lipinski definition) is 1. The smallest absolute Gasteiger partial charge is 0.295 e. The molecular weight excluding hydrogens is 232 g/mol. The van der Waals surface area contributed by atoms with Crippen molar-refractivity contribution >= 4 is 11.4 Å². The predicted molar refractivity (Wildman–Crippen MR) is 67.7 cm³/mol. The standard InChI is InChI=1S/C13H16N2O3/c1-9-3-2-4-11(12(9)15(17)18)14-7-13(16,8-14)10-5-6-10/h2-4,10,16H,5-8H2,1H3. The van der Waals surface area contributed by atoms with E-state index in [1.807, 2.05) is 11.0 Å². The van der Waals surface area contributed by atoms with Crippen molar-refractivity contribution in [1.82, 2.24) is 0 Å². The van der Waals surface area contributed by atoms with Gasteiger partial charge in [-0.15, -0.1) is 0 Å². The van der Waals surface area contributed by atoms with E-state index in [1.165, 1.54) is 0 Å². The first-order valence-electron chi connectivity index (χ1n) is 6.22. The summed E-state index contributed by atoms with van der Waals surface area (Å²) in [6.45, 7) is 2.78. The number of nitro benzene ring substituents is 1. The van der Waals surface area contributed by atoms with Gasteiger partial charge >= 0.3 is 0 Å². The van der Waals surface area contributed by atoms with Gasteiger partial charge in [0.15, 0.2) is 0 Å². The number of aryl methyl sites for hydroxylation is 1. The molecule has 0 bridgehead atoms. The van der Waals surface area contributed by atoms with Crippen LogP contribution in [-0.2, 0) is 0 Å². The van der Waals surface area contributed by atoms with Gasteiger partial charge in [-0.1, -0.05) is 12.1 Å². The molecule has 1 aliphatic heterocycles. The lowest BCUT2D eigenvalue weighted by atomic mass is 9.88. The van der Waals surface area contributed by atoms with E-state index in [4.69, 9.17) is 0 Å². The number of para-hydroxylation sites is 1. The maximum atomic E-state index is 11.1. The van der Waals surface area contributed by atoms with Crippen molar-refractivity contribution in [3.63, 3.8) is 0 Å². The van der Waals surface area contributed by atoms with Crippen LogP contribution in [-0.4, -0.2) is 28.7 Å². The molecule has 1 saturated heterocycles. The van der Waals surface area contributed by atoms with Crippen LogP contribution >= 0.6 is 0 Å². The minimum absolute atomic E-state index is 0.162. The van der Waals surface area contributed by atoms with Crippen molar-refractivity contribution in [3.8, 4) is 0 Å². The summed E-state index contributed by atoms with van der Waals surface area (Å²) in [5.74, 6) is 0.401. The molecular formula is C13H16N2O3. The van der Waals surface area contributed by atoms with E-state index < -0.39 is 5.60 Å². The van der Waals surface area contributed by atoms with Gasteiger partial charge in [0.1, 0.15) is 11.3 Å². The molecule has 1 aliphatic carbocycles. The Hall–Kier alpha value is -1.62. The summed E-state index contributed by atoms with van der Waals surface area (Å²) < 4.78 is 0. The molecule has 96 valence electrons. The molecule has 5 heteroatoms. The van der Waals surface area contributed by atoms with E-state index in [2.05, 4.69) is 0 Å². The Bertz CT molecular complexity index is 505. The lowest BCUT2D eigenvalue weighted by Crippen LogP contribution is -2.63. The second-order valence-electron chi connectivity index (χ2n) is 5.43. The maximum absolute atomic E-state index is 11.1. The number of rotatable bonds is 3. The molecule has 0 aromatic heterocycles. The maximum Gasteiger partial charge on any atom is 0.295 e. The van der Waals surface area contributed by atoms with Gasteiger partial charge in [0.25, 0.3) is 5.69 Å². The molecule has 0 amide bonds. The van der Waals surface area contributed by atoms with Crippen molar-refractivity contribution in [2.75, 3.05) is 18.0 Å². The third-order valence-electron chi connectivity index (χ3n) is 4.01. The summed E-state index contributed by atoms with van der Waals surface area (Å²) in [5, 5.41) is 21.4. The molecule has 0 radical (unpaired) electrons. The van der Waals surface area contributed by atoms with Gasteiger partial charge in [0, 0.05) is 18.7 Å². The zero-order valence-electron chi connectivity index (χ0n) is 10.3. The zero-order chi connectivity index (χ0) is 12.9. The van der Waals surface area contributed by atoms with Gasteiger partial charge in [0.05, 0.1) is 4.92 Å². The van der Waals surface area contributed by atoms with Gasteiger partial charge < -0.3 is 10.0 Å². The van der Waals surface area contributed by atoms with Crippen LogP contribution in [0.5, 0.6) is 0 Å². The third kappa shape index (κ3) is 1.66. The van der Waals surface area contributed by atoms with Crippen molar-refractivity contribution in [1.29, 1.82) is 0 Å². The number of nitro groups is 1. The molecule has 1 aromatic rings. The monoisotopic (exact) mass is 248 g/mol. The molecule has 3 rings (SSSR count). The first kappa shape index (κ1) is 11.5. The minimum Gasteiger partial charge on any atom is -0.386 e. The van der Waals surface area contributed by atoms with E-state index in [0.717, 1.165) is 12.8 Å². The number of hydrogen-bond acceptors (Lipinski definition) is 4. The normalized spacial score (nSPS) is 21.6. The second kappa shape index (κ2) is 3.68. The fraction of sp³-hybridized carbons (Fsp3) is 0.538. The second-order valence-corrected chi connectivity index (χ2v) is 5.43. The fourth-order valence-electron chi connectivity index (χ4n) is 2.80. The van der Waals surface area contributed by atoms with Crippen LogP contribution in [0.15, 0.2) is 18.2 Å². The van der Waals surface area contributed by atoms with Crippen LogP contribution in [0.2, 0.25) is 0 Å². The van der Waals surface area contributed by atoms with E-state index in [9.17, 15) is 15.2 Å². The summed E-state index contributed by atoms with van der Waals surface area (Å²) >= 11 is 0. The SMILES string of the molecule is Cc1cccc(N2CC(O)(C3CC3)C2)c1[N+](=O)[O-]. The molecule has 0 spiro atoms. The lowest BCUT2D eigenvalue weighted by molar-refractivity contribution is -0.384. The average molecular weight is 248 g/mol. The fourth-order valence-corrected chi connectivity index (χ4v) is 2.80. The van der Waals surface area contributed by atoms with Gasteiger partial charge in [-0.3, -0.25) is 10.1 Å². The van der Waals surface area contributed by atoms with Crippen LogP contribution in [0.25, 0.3) is 0 Å². The molecule has 1 aromatic carbocycles. The summed E-state index contributed by atoms with van der Waals surface area (Å²) in [7, 11) is 0. The highest BCUT2D eigenvalue weighted by atomic mass is 16.6. The molecule has 1 saturated carbocycles. The van der Waals surface area contributed by atoms with Gasteiger partial charge in [-0.2, -0.15) is 0 Å². The van der Waals surface area contributed by atoms with E-state index in [1.54, 1.807) is 19.1 Å². The Morgan fingerprint density at radius 2 is 2.11 bits per heavy atom. The van der Waals surface area contributed by atoms with Crippen LogP contribution in [0.1, 0.15) is 18.4 Å². The van der Waals surface area contributed by atoms with Gasteiger partial charge in [-0.25, -0.2) is 0 Å². The Labute approximate surface area is 105 Å². The largest absolute Gasteiger partial charge is 0.386 e. The number of anilines is 1. The first-order valence-corrected chi connectivity index (χ1v) is 6.22. The number of aliphatic hydroxyl groups is 1. The van der Waals surface area contributed by atoms with Crippen molar-refractivity contribution in [2.45, 2.75) is 25.4 Å². The average Bonchev–Trinajstić information content (AvgIpc) is 3.07. The molecule has 0 atom stereocenters. The Morgan fingerprint density at radius 1 is 1.44 bits per heavy atom. The van der Waals surface area contributed by atoms with E-state index >= 15 is 0 Å². The number of nitrogens with zero attached hydrogens (tertiary/aromatic N) is 2. The molecule has 2 fully saturated rings. The third-order valence-corrected chi connectivity index (χ3v) is 4.01. The summed E-state index contributed by atoms with van der Waals surface area (Å²) in [5.41, 5.74) is 0.845. The number of β-amino-alcohol motifs (C(OH)–C–C–N with tert-alkyl or cyclic N) is 1. The molecule has 0 unspecified atom stereocenters. The minimum atomic E-state index is -0.613. The van der Waals surface area contributed by atoms with Crippen LogP contribution in [0.4, 0.5) is 11.4 Å². The quantitative estimate of drug-likeness (QED) is 0.655. The predicted octanol–water partition coefficient (Wildman–Crippen LogP) is 1.86. The Balaban J connectivity index is 1.86. The van der Waals surface area contributed by atoms with Gasteiger partial charge in [0.2, 0.25) is 0 Å². The summed E-state index contributed by atoms with van der Waals surface area (Å²) in [4.78, 5) is 12.7. The van der Waals surface area contributed by atoms with Crippen molar-refractivity contribution in [2.24, 2.45) is 5.92 Å². The molecule has 2 aliphatic rings. The molecule has 1 heterocycles. The van der Waals surface area contributed by atoms with Crippen LogP contribution in [0.3, 0.4) is 0 Å².